The molecule has 3 rings (SSSR count). The Morgan fingerprint density at radius 1 is 1.28 bits per heavy atom. The third-order valence-electron chi connectivity index (χ3n) is 4.20. The van der Waals surface area contributed by atoms with Crippen LogP contribution in [0.2, 0.25) is 0 Å². The summed E-state index contributed by atoms with van der Waals surface area (Å²) in [5, 5.41) is 0.698. The summed E-state index contributed by atoms with van der Waals surface area (Å²) in [6.45, 7) is 2.57. The number of hydrogen-bond donors (Lipinski definition) is 0. The maximum Gasteiger partial charge on any atom is 0.333 e. The minimum absolute atomic E-state index is 0.0620. The average Bonchev–Trinajstić information content (AvgIpc) is 2.84. The molecule has 0 spiro atoms. The molecule has 0 aromatic heterocycles. The van der Waals surface area contributed by atoms with E-state index >= 15 is 0 Å². The van der Waals surface area contributed by atoms with Gasteiger partial charge in [-0.25, -0.2) is 4.79 Å². The van der Waals surface area contributed by atoms with E-state index in [-0.39, 0.29) is 5.91 Å². The Labute approximate surface area is 156 Å². The summed E-state index contributed by atoms with van der Waals surface area (Å²) < 4.78 is 4.67. The summed E-state index contributed by atoms with van der Waals surface area (Å²) in [7, 11) is 1.35. The van der Waals surface area contributed by atoms with Crippen molar-refractivity contribution in [3.8, 4) is 0 Å². The first-order valence-corrected chi connectivity index (χ1v) is 10.4. The van der Waals surface area contributed by atoms with Gasteiger partial charge in [-0.2, -0.15) is 0 Å². The van der Waals surface area contributed by atoms with Crippen molar-refractivity contribution in [3.05, 3.63) is 35.4 Å². The number of rotatable bonds is 5. The maximum atomic E-state index is 12.1. The second kappa shape index (κ2) is 8.67. The second-order valence-corrected chi connectivity index (χ2v) is 7.98. The predicted molar refractivity (Wildman–Crippen MR) is 103 cm³/mol. The van der Waals surface area contributed by atoms with Gasteiger partial charge in [-0.05, 0) is 30.7 Å². The van der Waals surface area contributed by atoms with Crippen LogP contribution in [0.5, 0.6) is 0 Å². The standard InChI is InChI=1S/C18H22N2O3S2/c1-23-18(22)12-17-20(16(21)13-25-17)10-4-8-19-9-5-11-24-15-7-3-2-6-14(15)19/h2-3,6-7,12H,4-5,8-11,13H2,1H3. The molecule has 2 aliphatic heterocycles. The van der Waals surface area contributed by atoms with E-state index in [1.165, 1.54) is 35.5 Å². The van der Waals surface area contributed by atoms with Gasteiger partial charge in [-0.3, -0.25) is 4.79 Å². The zero-order valence-corrected chi connectivity index (χ0v) is 15.9. The molecule has 134 valence electrons. The van der Waals surface area contributed by atoms with Crippen LogP contribution < -0.4 is 4.90 Å². The number of carbonyl (C=O) groups is 2. The van der Waals surface area contributed by atoms with Crippen LogP contribution in [0.25, 0.3) is 0 Å². The number of amides is 1. The lowest BCUT2D eigenvalue weighted by Crippen LogP contribution is -2.31. The predicted octanol–water partition coefficient (Wildman–Crippen LogP) is 2.97. The normalized spacial score (nSPS) is 19.1. The fraction of sp³-hybridized carbons (Fsp3) is 0.444. The number of fused-ring (bicyclic) bond motifs is 1. The van der Waals surface area contributed by atoms with E-state index in [1.807, 2.05) is 11.8 Å². The van der Waals surface area contributed by atoms with Crippen LogP contribution in [0.4, 0.5) is 5.69 Å². The third-order valence-corrected chi connectivity index (χ3v) is 6.37. The van der Waals surface area contributed by atoms with Gasteiger partial charge in [0, 0.05) is 24.5 Å². The number of anilines is 1. The van der Waals surface area contributed by atoms with E-state index in [9.17, 15) is 9.59 Å². The van der Waals surface area contributed by atoms with Crippen LogP contribution >= 0.6 is 23.5 Å². The number of hydrogen-bond acceptors (Lipinski definition) is 6. The monoisotopic (exact) mass is 378 g/mol. The van der Waals surface area contributed by atoms with Gasteiger partial charge in [-0.1, -0.05) is 23.9 Å². The van der Waals surface area contributed by atoms with Gasteiger partial charge in [0.1, 0.15) is 0 Å². The lowest BCUT2D eigenvalue weighted by Gasteiger charge is -2.26. The van der Waals surface area contributed by atoms with Crippen LogP contribution in [0.15, 0.2) is 40.3 Å². The number of para-hydroxylation sites is 1. The molecule has 0 saturated carbocycles. The average molecular weight is 379 g/mol. The van der Waals surface area contributed by atoms with E-state index in [4.69, 9.17) is 0 Å². The minimum Gasteiger partial charge on any atom is -0.466 e. The molecule has 0 radical (unpaired) electrons. The zero-order valence-electron chi connectivity index (χ0n) is 14.3. The molecule has 0 aliphatic carbocycles. The summed E-state index contributed by atoms with van der Waals surface area (Å²) in [6, 6.07) is 8.51. The molecule has 7 heteroatoms. The Morgan fingerprint density at radius 3 is 2.96 bits per heavy atom. The quantitative estimate of drug-likeness (QED) is 0.580. The molecule has 0 atom stereocenters. The molecular weight excluding hydrogens is 356 g/mol. The van der Waals surface area contributed by atoms with Gasteiger partial charge >= 0.3 is 5.97 Å². The van der Waals surface area contributed by atoms with Gasteiger partial charge in [-0.15, -0.1) is 11.8 Å². The number of nitrogens with zero attached hydrogens (tertiary/aromatic N) is 2. The molecule has 5 nitrogen and oxygen atoms in total. The molecule has 1 fully saturated rings. The van der Waals surface area contributed by atoms with Crippen LogP contribution in [0, 0.1) is 0 Å². The summed E-state index contributed by atoms with van der Waals surface area (Å²) in [5.74, 6) is 1.18. The Hall–Kier alpha value is -1.60. The minimum atomic E-state index is -0.416. The number of esters is 1. The van der Waals surface area contributed by atoms with E-state index in [0.29, 0.717) is 17.3 Å². The Morgan fingerprint density at radius 2 is 2.12 bits per heavy atom. The Kier molecular flexibility index (Phi) is 6.31. The van der Waals surface area contributed by atoms with Crippen LogP contribution in [0.1, 0.15) is 12.8 Å². The molecule has 1 aromatic carbocycles. The maximum absolute atomic E-state index is 12.1. The molecule has 1 aromatic rings. The smallest absolute Gasteiger partial charge is 0.333 e. The van der Waals surface area contributed by atoms with Gasteiger partial charge in [0.05, 0.1) is 29.7 Å². The van der Waals surface area contributed by atoms with Gasteiger partial charge in [0.2, 0.25) is 5.91 Å². The molecule has 1 saturated heterocycles. The summed E-state index contributed by atoms with van der Waals surface area (Å²) >= 11 is 3.31. The van der Waals surface area contributed by atoms with Gasteiger partial charge < -0.3 is 14.5 Å². The molecule has 0 N–H and O–H groups in total. The summed E-state index contributed by atoms with van der Waals surface area (Å²) in [6.07, 6.45) is 3.43. The van der Waals surface area contributed by atoms with E-state index in [2.05, 4.69) is 33.9 Å². The van der Waals surface area contributed by atoms with Gasteiger partial charge in [0.15, 0.2) is 0 Å². The highest BCUT2D eigenvalue weighted by Crippen LogP contribution is 2.34. The first-order valence-electron chi connectivity index (χ1n) is 8.38. The lowest BCUT2D eigenvalue weighted by molar-refractivity contribution is -0.134. The van der Waals surface area contributed by atoms with Crippen molar-refractivity contribution in [2.75, 3.05) is 43.1 Å². The topological polar surface area (TPSA) is 49.9 Å². The van der Waals surface area contributed by atoms with Crippen molar-refractivity contribution < 1.29 is 14.3 Å². The first-order chi connectivity index (χ1) is 12.2. The fourth-order valence-corrected chi connectivity index (χ4v) is 4.95. The molecule has 2 heterocycles. The van der Waals surface area contributed by atoms with Crippen molar-refractivity contribution >= 4 is 41.1 Å². The highest BCUT2D eigenvalue weighted by Gasteiger charge is 2.27. The number of ether oxygens (including phenoxy) is 1. The van der Waals surface area contributed by atoms with Gasteiger partial charge in [0.25, 0.3) is 0 Å². The number of carbonyl (C=O) groups excluding carboxylic acids is 2. The second-order valence-electron chi connectivity index (χ2n) is 5.85. The fourth-order valence-electron chi connectivity index (χ4n) is 2.98. The zero-order chi connectivity index (χ0) is 17.6. The van der Waals surface area contributed by atoms with Crippen molar-refractivity contribution in [2.45, 2.75) is 17.7 Å². The first kappa shape index (κ1) is 18.2. The summed E-state index contributed by atoms with van der Waals surface area (Å²) in [4.78, 5) is 29.0. The molecule has 0 unspecified atom stereocenters. The molecule has 0 bridgehead atoms. The van der Waals surface area contributed by atoms with Crippen molar-refractivity contribution in [3.63, 3.8) is 0 Å². The van der Waals surface area contributed by atoms with Crippen molar-refractivity contribution in [2.24, 2.45) is 0 Å². The van der Waals surface area contributed by atoms with E-state index < -0.39 is 5.97 Å². The van der Waals surface area contributed by atoms with Crippen LogP contribution in [0.3, 0.4) is 0 Å². The molecule has 25 heavy (non-hydrogen) atoms. The van der Waals surface area contributed by atoms with Crippen LogP contribution in [-0.4, -0.2) is 55.0 Å². The SMILES string of the molecule is COC(=O)C=C1SCC(=O)N1CCCN1CCCSc2ccccc21. The number of thioether (sulfide) groups is 2. The molecule has 2 aliphatic rings. The Balaban J connectivity index is 1.61. The lowest BCUT2D eigenvalue weighted by atomic mass is 10.2. The highest BCUT2D eigenvalue weighted by atomic mass is 32.2. The van der Waals surface area contributed by atoms with E-state index in [1.54, 1.807) is 4.90 Å². The number of methoxy groups -OCH3 is 1. The largest absolute Gasteiger partial charge is 0.466 e. The third kappa shape index (κ3) is 4.52. The van der Waals surface area contributed by atoms with Crippen molar-refractivity contribution in [1.82, 2.24) is 4.90 Å². The number of benzene rings is 1. The molecule has 1 amide bonds. The highest BCUT2D eigenvalue weighted by molar-refractivity contribution is 8.04. The molecular formula is C18H22N2O3S2. The van der Waals surface area contributed by atoms with Crippen LogP contribution in [-0.2, 0) is 14.3 Å². The Bertz CT molecular complexity index is 678. The van der Waals surface area contributed by atoms with E-state index in [0.717, 1.165) is 31.7 Å². The summed E-state index contributed by atoms with van der Waals surface area (Å²) in [5.41, 5.74) is 1.29. The van der Waals surface area contributed by atoms with Crippen molar-refractivity contribution in [1.29, 1.82) is 0 Å².